The van der Waals surface area contributed by atoms with E-state index in [0.717, 1.165) is 6.42 Å². The summed E-state index contributed by atoms with van der Waals surface area (Å²) >= 11 is 0. The molecule has 1 aromatic heterocycles. The van der Waals surface area contributed by atoms with Crippen molar-refractivity contribution in [3.63, 3.8) is 0 Å². The van der Waals surface area contributed by atoms with Gasteiger partial charge in [-0.2, -0.15) is 0 Å². The Morgan fingerprint density at radius 2 is 2.50 bits per heavy atom. The van der Waals surface area contributed by atoms with E-state index in [1.54, 1.807) is 12.5 Å². The molecule has 52 valence electrons. The highest BCUT2D eigenvalue weighted by atomic mass is 15.0. The molecule has 0 aliphatic heterocycles. The Morgan fingerprint density at radius 3 is 3.10 bits per heavy atom. The smallest absolute Gasteiger partial charge is 0.210 e. The molecule has 0 aliphatic carbocycles. The van der Waals surface area contributed by atoms with E-state index in [9.17, 15) is 0 Å². The molecule has 1 rings (SSSR count). The zero-order valence-corrected chi connectivity index (χ0v) is 6.07. The van der Waals surface area contributed by atoms with Crippen molar-refractivity contribution in [2.45, 2.75) is 13.3 Å². The van der Waals surface area contributed by atoms with Crippen LogP contribution >= 0.6 is 0 Å². The Labute approximate surface area is 60.9 Å². The third-order valence-electron chi connectivity index (χ3n) is 1.14. The standard InChI is InChI=1S/C8H11N2/c1-2-3-6-10-7-4-5-9-8-10/h3-8H,2H2,1H3/q+1/b6-3+. The molecule has 1 heterocycles. The Morgan fingerprint density at radius 1 is 1.60 bits per heavy atom. The second-order valence-corrected chi connectivity index (χ2v) is 2.00. The highest BCUT2D eigenvalue weighted by Crippen LogP contribution is 1.77. The molecule has 0 radical (unpaired) electrons. The molecule has 10 heavy (non-hydrogen) atoms. The average Bonchev–Trinajstić information content (AvgIpc) is 2.03. The monoisotopic (exact) mass is 135 g/mol. The summed E-state index contributed by atoms with van der Waals surface area (Å²) in [5.41, 5.74) is 0. The van der Waals surface area contributed by atoms with Gasteiger partial charge in [-0.3, -0.25) is 0 Å². The molecule has 0 spiro atoms. The van der Waals surface area contributed by atoms with E-state index in [1.807, 2.05) is 23.0 Å². The lowest BCUT2D eigenvalue weighted by molar-refractivity contribution is -0.572. The fraction of sp³-hybridized carbons (Fsp3) is 0.250. The lowest BCUT2D eigenvalue weighted by atomic mass is 10.5. The van der Waals surface area contributed by atoms with Gasteiger partial charge in [-0.25, -0.2) is 4.57 Å². The summed E-state index contributed by atoms with van der Waals surface area (Å²) in [7, 11) is 0. The zero-order chi connectivity index (χ0) is 7.23. The van der Waals surface area contributed by atoms with Crippen molar-refractivity contribution >= 4 is 6.20 Å². The molecule has 0 saturated heterocycles. The number of nitrogens with zero attached hydrogens (tertiary/aromatic N) is 2. The summed E-state index contributed by atoms with van der Waals surface area (Å²) in [5.74, 6) is 0. The number of rotatable bonds is 2. The van der Waals surface area contributed by atoms with Gasteiger partial charge in [-0.05, 0) is 12.5 Å². The van der Waals surface area contributed by atoms with Crippen LogP contribution in [0.5, 0.6) is 0 Å². The number of allylic oxidation sites excluding steroid dienone is 1. The first-order valence-corrected chi connectivity index (χ1v) is 3.41. The van der Waals surface area contributed by atoms with Crippen LogP contribution in [0.2, 0.25) is 0 Å². The third kappa shape index (κ3) is 1.97. The Kier molecular flexibility index (Phi) is 2.62. The van der Waals surface area contributed by atoms with Crippen molar-refractivity contribution in [3.8, 4) is 0 Å². The van der Waals surface area contributed by atoms with Crippen molar-refractivity contribution in [1.82, 2.24) is 4.98 Å². The van der Waals surface area contributed by atoms with Crippen molar-refractivity contribution < 1.29 is 4.57 Å². The number of aromatic nitrogens is 2. The van der Waals surface area contributed by atoms with Gasteiger partial charge >= 0.3 is 0 Å². The van der Waals surface area contributed by atoms with Gasteiger partial charge in [-0.1, -0.05) is 11.9 Å². The van der Waals surface area contributed by atoms with Gasteiger partial charge in [0.25, 0.3) is 6.33 Å². The zero-order valence-electron chi connectivity index (χ0n) is 6.07. The maximum Gasteiger partial charge on any atom is 0.290 e. The topological polar surface area (TPSA) is 16.8 Å². The molecule has 0 saturated carbocycles. The van der Waals surface area contributed by atoms with Crippen LogP contribution in [0.15, 0.2) is 30.9 Å². The number of hydrogen-bond acceptors (Lipinski definition) is 1. The lowest BCUT2D eigenvalue weighted by Crippen LogP contribution is -2.24. The molecule has 0 aromatic carbocycles. The van der Waals surface area contributed by atoms with Gasteiger partial charge in [0.2, 0.25) is 0 Å². The maximum absolute atomic E-state index is 3.95. The van der Waals surface area contributed by atoms with Crippen LogP contribution in [0.1, 0.15) is 13.3 Å². The van der Waals surface area contributed by atoms with E-state index < -0.39 is 0 Å². The van der Waals surface area contributed by atoms with Crippen LogP contribution in [0.25, 0.3) is 6.20 Å². The summed E-state index contributed by atoms with van der Waals surface area (Å²) in [6.07, 6.45) is 10.6. The molecular weight excluding hydrogens is 124 g/mol. The minimum absolute atomic E-state index is 1.06. The second kappa shape index (κ2) is 3.77. The summed E-state index contributed by atoms with van der Waals surface area (Å²) in [6, 6.07) is 1.90. The molecule has 1 aromatic rings. The number of hydrogen-bond donors (Lipinski definition) is 0. The fourth-order valence-electron chi connectivity index (χ4n) is 0.657. The molecule has 2 nitrogen and oxygen atoms in total. The Hall–Kier alpha value is -1.18. The average molecular weight is 135 g/mol. The minimum atomic E-state index is 1.06. The molecule has 0 amide bonds. The largest absolute Gasteiger partial charge is 0.290 e. The van der Waals surface area contributed by atoms with Crippen molar-refractivity contribution in [2.75, 3.05) is 0 Å². The predicted molar refractivity (Wildman–Crippen MR) is 40.1 cm³/mol. The van der Waals surface area contributed by atoms with Gasteiger partial charge < -0.3 is 0 Å². The molecule has 0 bridgehead atoms. The molecule has 0 N–H and O–H groups in total. The van der Waals surface area contributed by atoms with Gasteiger partial charge in [0.15, 0.2) is 0 Å². The van der Waals surface area contributed by atoms with Crippen LogP contribution in [0.4, 0.5) is 0 Å². The first-order chi connectivity index (χ1) is 4.93. The quantitative estimate of drug-likeness (QED) is 0.558. The van der Waals surface area contributed by atoms with Crippen molar-refractivity contribution in [2.24, 2.45) is 0 Å². The van der Waals surface area contributed by atoms with Crippen LogP contribution in [0.3, 0.4) is 0 Å². The van der Waals surface area contributed by atoms with Crippen LogP contribution in [-0.4, -0.2) is 4.98 Å². The normalized spacial score (nSPS) is 10.5. The first kappa shape index (κ1) is 6.93. The van der Waals surface area contributed by atoms with E-state index in [4.69, 9.17) is 0 Å². The van der Waals surface area contributed by atoms with E-state index >= 15 is 0 Å². The van der Waals surface area contributed by atoms with Gasteiger partial charge in [0.1, 0.15) is 6.20 Å². The molecule has 0 unspecified atom stereocenters. The van der Waals surface area contributed by atoms with Crippen LogP contribution in [-0.2, 0) is 0 Å². The minimum Gasteiger partial charge on any atom is -0.210 e. The van der Waals surface area contributed by atoms with E-state index in [-0.39, 0.29) is 0 Å². The molecule has 0 aliphatic rings. The van der Waals surface area contributed by atoms with Crippen molar-refractivity contribution in [1.29, 1.82) is 0 Å². The van der Waals surface area contributed by atoms with Gasteiger partial charge in [0.05, 0.1) is 12.4 Å². The van der Waals surface area contributed by atoms with Crippen LogP contribution < -0.4 is 4.57 Å². The van der Waals surface area contributed by atoms with Crippen LogP contribution in [0, 0.1) is 0 Å². The van der Waals surface area contributed by atoms with E-state index in [2.05, 4.69) is 18.0 Å². The molecular formula is C8H11N2+. The highest BCUT2D eigenvalue weighted by Gasteiger charge is 1.85. The predicted octanol–water partition coefficient (Wildman–Crippen LogP) is 1.25. The first-order valence-electron chi connectivity index (χ1n) is 3.41. The summed E-state index contributed by atoms with van der Waals surface area (Å²) in [6.45, 7) is 2.10. The van der Waals surface area contributed by atoms with Gasteiger partial charge in [0, 0.05) is 6.07 Å². The SMILES string of the molecule is CC/C=C/[n+]1cccnc1. The maximum atomic E-state index is 3.95. The second-order valence-electron chi connectivity index (χ2n) is 2.00. The lowest BCUT2D eigenvalue weighted by Gasteiger charge is -1.84. The molecule has 2 heteroatoms. The van der Waals surface area contributed by atoms with E-state index in [0.29, 0.717) is 0 Å². The highest BCUT2D eigenvalue weighted by molar-refractivity contribution is 5.04. The summed E-state index contributed by atoms with van der Waals surface area (Å²) in [4.78, 5) is 3.95. The summed E-state index contributed by atoms with van der Waals surface area (Å²) < 4.78 is 1.92. The van der Waals surface area contributed by atoms with Gasteiger partial charge in [-0.15, -0.1) is 0 Å². The fourth-order valence-corrected chi connectivity index (χ4v) is 0.657. The third-order valence-corrected chi connectivity index (χ3v) is 1.14. The summed E-state index contributed by atoms with van der Waals surface area (Å²) in [5, 5.41) is 0. The van der Waals surface area contributed by atoms with Crippen molar-refractivity contribution in [3.05, 3.63) is 30.9 Å². The molecule has 0 atom stereocenters. The Bertz CT molecular complexity index is 204. The van der Waals surface area contributed by atoms with E-state index in [1.165, 1.54) is 0 Å². The molecule has 0 fully saturated rings. The Balaban J connectivity index is 2.67.